The maximum absolute atomic E-state index is 12.3. The van der Waals surface area contributed by atoms with Crippen molar-refractivity contribution in [2.45, 2.75) is 40.0 Å². The van der Waals surface area contributed by atoms with Crippen molar-refractivity contribution in [3.63, 3.8) is 0 Å². The second kappa shape index (κ2) is 8.14. The molecule has 0 fully saturated rings. The van der Waals surface area contributed by atoms with Crippen molar-refractivity contribution in [3.05, 3.63) is 50.9 Å². The van der Waals surface area contributed by atoms with Crippen molar-refractivity contribution in [1.82, 2.24) is 0 Å². The zero-order valence-electron chi connectivity index (χ0n) is 16.3. The number of anilines is 1. The second-order valence-electron chi connectivity index (χ2n) is 7.42. The maximum atomic E-state index is 12.3. The van der Waals surface area contributed by atoms with Crippen LogP contribution in [-0.4, -0.2) is 24.4 Å². The number of primary amides is 1. The fraction of sp³-hybridized carbons (Fsp3) is 0.381. The first-order valence-electron chi connectivity index (χ1n) is 9.24. The number of nitrogens with two attached hydrogens (primary N) is 1. The van der Waals surface area contributed by atoms with E-state index in [-0.39, 0.29) is 0 Å². The van der Waals surface area contributed by atoms with E-state index < -0.39 is 24.4 Å². The SMILES string of the molecule is Cc1cc(C)cc(C(=O)OCC(=O)Nc2sc3c(c2C(N)=O)CC[C@@H](C)C3)c1. The number of ether oxygens (including phenoxy) is 1. The van der Waals surface area contributed by atoms with Crippen LogP contribution in [0, 0.1) is 19.8 Å². The van der Waals surface area contributed by atoms with Crippen molar-refractivity contribution in [1.29, 1.82) is 0 Å². The predicted octanol–water partition coefficient (Wildman–Crippen LogP) is 3.38. The van der Waals surface area contributed by atoms with E-state index in [0.717, 1.165) is 40.8 Å². The standard InChI is InChI=1S/C21H24N2O4S/c1-11-4-5-15-16(9-11)28-20(18(15)19(22)25)23-17(24)10-27-21(26)14-7-12(2)6-13(3)8-14/h6-8,11H,4-5,9-10H2,1-3H3,(H2,22,25)(H,23,24)/t11-/m1/s1. The van der Waals surface area contributed by atoms with Crippen LogP contribution in [-0.2, 0) is 22.4 Å². The van der Waals surface area contributed by atoms with Crippen molar-refractivity contribution >= 4 is 34.1 Å². The number of carbonyl (C=O) groups excluding carboxylic acids is 3. The molecule has 1 aliphatic carbocycles. The summed E-state index contributed by atoms with van der Waals surface area (Å²) in [5.41, 5.74) is 9.18. The largest absolute Gasteiger partial charge is 0.452 e. The molecule has 1 aliphatic rings. The van der Waals surface area contributed by atoms with Crippen molar-refractivity contribution in [3.8, 4) is 0 Å². The molecule has 1 atom stereocenters. The number of esters is 1. The van der Waals surface area contributed by atoms with Crippen LogP contribution >= 0.6 is 11.3 Å². The topological polar surface area (TPSA) is 98.5 Å². The molecule has 2 aromatic rings. The Morgan fingerprint density at radius 2 is 1.89 bits per heavy atom. The third-order valence-corrected chi connectivity index (χ3v) is 5.97. The quantitative estimate of drug-likeness (QED) is 0.752. The molecule has 28 heavy (non-hydrogen) atoms. The number of hydrogen-bond donors (Lipinski definition) is 2. The molecule has 3 rings (SSSR count). The van der Waals surface area contributed by atoms with Gasteiger partial charge in [-0.1, -0.05) is 24.1 Å². The molecular weight excluding hydrogens is 376 g/mol. The molecule has 0 unspecified atom stereocenters. The van der Waals surface area contributed by atoms with Gasteiger partial charge in [0.2, 0.25) is 0 Å². The van der Waals surface area contributed by atoms with Crippen LogP contribution in [0.2, 0.25) is 0 Å². The highest BCUT2D eigenvalue weighted by molar-refractivity contribution is 7.17. The molecule has 0 aliphatic heterocycles. The van der Waals surface area contributed by atoms with Crippen LogP contribution in [0.5, 0.6) is 0 Å². The van der Waals surface area contributed by atoms with Crippen LogP contribution in [0.4, 0.5) is 5.00 Å². The zero-order valence-corrected chi connectivity index (χ0v) is 17.1. The Morgan fingerprint density at radius 1 is 1.21 bits per heavy atom. The summed E-state index contributed by atoms with van der Waals surface area (Å²) >= 11 is 1.38. The van der Waals surface area contributed by atoms with Crippen LogP contribution in [0.3, 0.4) is 0 Å². The van der Waals surface area contributed by atoms with Crippen LogP contribution in [0.15, 0.2) is 18.2 Å². The van der Waals surface area contributed by atoms with E-state index in [1.54, 1.807) is 12.1 Å². The molecule has 1 aromatic carbocycles. The number of thiophene rings is 1. The highest BCUT2D eigenvalue weighted by Crippen LogP contribution is 2.39. The molecule has 0 spiro atoms. The molecule has 2 amide bonds. The van der Waals surface area contributed by atoms with Gasteiger partial charge in [0.15, 0.2) is 6.61 Å². The van der Waals surface area contributed by atoms with E-state index in [0.29, 0.717) is 22.0 Å². The van der Waals surface area contributed by atoms with Crippen molar-refractivity contribution in [2.24, 2.45) is 11.7 Å². The Balaban J connectivity index is 1.68. The highest BCUT2D eigenvalue weighted by Gasteiger charge is 2.27. The van der Waals surface area contributed by atoms with Gasteiger partial charge < -0.3 is 15.8 Å². The predicted molar refractivity (Wildman–Crippen MR) is 109 cm³/mol. The van der Waals surface area contributed by atoms with E-state index in [1.807, 2.05) is 19.9 Å². The number of aryl methyl sites for hydroxylation is 2. The normalized spacial score (nSPS) is 15.6. The molecule has 3 N–H and O–H groups in total. The molecular formula is C21H24N2O4S. The molecule has 7 heteroatoms. The highest BCUT2D eigenvalue weighted by atomic mass is 32.1. The average Bonchev–Trinajstić information content (AvgIpc) is 2.95. The fourth-order valence-corrected chi connectivity index (χ4v) is 5.00. The monoisotopic (exact) mass is 400 g/mol. The molecule has 148 valence electrons. The number of carbonyl (C=O) groups is 3. The second-order valence-corrected chi connectivity index (χ2v) is 8.53. The van der Waals surface area contributed by atoms with E-state index >= 15 is 0 Å². The summed E-state index contributed by atoms with van der Waals surface area (Å²) in [7, 11) is 0. The summed E-state index contributed by atoms with van der Waals surface area (Å²) in [6.45, 7) is 5.52. The Morgan fingerprint density at radius 3 is 2.54 bits per heavy atom. The Labute approximate surface area is 168 Å². The lowest BCUT2D eigenvalue weighted by Crippen LogP contribution is -2.23. The third-order valence-electron chi connectivity index (χ3n) is 4.80. The smallest absolute Gasteiger partial charge is 0.338 e. The van der Waals surface area contributed by atoms with Gasteiger partial charge in [-0.25, -0.2) is 4.79 Å². The van der Waals surface area contributed by atoms with Gasteiger partial charge in [0.1, 0.15) is 5.00 Å². The molecule has 6 nitrogen and oxygen atoms in total. The number of fused-ring (bicyclic) bond motifs is 1. The van der Waals surface area contributed by atoms with E-state index in [9.17, 15) is 14.4 Å². The molecule has 0 bridgehead atoms. The molecule has 1 heterocycles. The summed E-state index contributed by atoms with van der Waals surface area (Å²) < 4.78 is 5.13. The number of benzene rings is 1. The number of rotatable bonds is 5. The minimum atomic E-state index is -0.559. The van der Waals surface area contributed by atoms with Crippen LogP contribution in [0.25, 0.3) is 0 Å². The number of nitrogens with one attached hydrogen (secondary N) is 1. The van der Waals surface area contributed by atoms with E-state index in [1.165, 1.54) is 11.3 Å². The fourth-order valence-electron chi connectivity index (χ4n) is 3.57. The molecule has 0 radical (unpaired) electrons. The van der Waals surface area contributed by atoms with E-state index in [4.69, 9.17) is 10.5 Å². The minimum Gasteiger partial charge on any atom is -0.452 e. The third kappa shape index (κ3) is 4.42. The minimum absolute atomic E-state index is 0.390. The summed E-state index contributed by atoms with van der Waals surface area (Å²) in [5, 5.41) is 3.14. The van der Waals surface area contributed by atoms with Gasteiger partial charge in [-0.05, 0) is 56.7 Å². The van der Waals surface area contributed by atoms with E-state index in [2.05, 4.69) is 12.2 Å². The average molecular weight is 401 g/mol. The Bertz CT molecular complexity index is 928. The first-order valence-corrected chi connectivity index (χ1v) is 10.1. The Hall–Kier alpha value is -2.67. The lowest BCUT2D eigenvalue weighted by molar-refractivity contribution is -0.119. The van der Waals surface area contributed by atoms with Crippen molar-refractivity contribution < 1.29 is 19.1 Å². The summed E-state index contributed by atoms with van der Waals surface area (Å²) in [6, 6.07) is 5.38. The molecule has 1 aromatic heterocycles. The van der Waals surface area contributed by atoms with Gasteiger partial charge in [-0.15, -0.1) is 11.3 Å². The lowest BCUT2D eigenvalue weighted by Gasteiger charge is -2.18. The van der Waals surface area contributed by atoms with Crippen LogP contribution < -0.4 is 11.1 Å². The van der Waals surface area contributed by atoms with Crippen molar-refractivity contribution in [2.75, 3.05) is 11.9 Å². The Kier molecular flexibility index (Phi) is 5.84. The van der Waals surface area contributed by atoms with Gasteiger partial charge in [-0.2, -0.15) is 0 Å². The van der Waals surface area contributed by atoms with Crippen LogP contribution in [0.1, 0.15) is 55.6 Å². The zero-order chi connectivity index (χ0) is 20.4. The van der Waals surface area contributed by atoms with Gasteiger partial charge in [0.05, 0.1) is 11.1 Å². The van der Waals surface area contributed by atoms with Gasteiger partial charge in [0.25, 0.3) is 11.8 Å². The van der Waals surface area contributed by atoms with Gasteiger partial charge in [-0.3, -0.25) is 9.59 Å². The maximum Gasteiger partial charge on any atom is 0.338 e. The first-order chi connectivity index (χ1) is 13.2. The summed E-state index contributed by atoms with van der Waals surface area (Å²) in [5.74, 6) is -1.06. The van der Waals surface area contributed by atoms with Gasteiger partial charge >= 0.3 is 5.97 Å². The molecule has 0 saturated carbocycles. The molecule has 0 saturated heterocycles. The summed E-state index contributed by atoms with van der Waals surface area (Å²) in [6.07, 6.45) is 2.64. The first kappa shape index (κ1) is 20.1. The van der Waals surface area contributed by atoms with Gasteiger partial charge in [0, 0.05) is 4.88 Å². The number of hydrogen-bond acceptors (Lipinski definition) is 5. The number of amides is 2. The lowest BCUT2D eigenvalue weighted by atomic mass is 9.88. The summed E-state index contributed by atoms with van der Waals surface area (Å²) in [4.78, 5) is 37.5.